The molecule has 1 aliphatic rings. The normalized spacial score (nSPS) is 17.1. The largest absolute Gasteiger partial charge is 0.452 e. The van der Waals surface area contributed by atoms with Crippen LogP contribution in [0.1, 0.15) is 22.3 Å². The quantitative estimate of drug-likeness (QED) is 0.375. The second kappa shape index (κ2) is 9.48. The van der Waals surface area contributed by atoms with Crippen LogP contribution >= 0.6 is 11.8 Å². The van der Waals surface area contributed by atoms with Crippen molar-refractivity contribution in [1.29, 1.82) is 0 Å². The van der Waals surface area contributed by atoms with Crippen molar-refractivity contribution in [3.8, 4) is 0 Å². The molecule has 0 spiro atoms. The molecule has 1 saturated heterocycles. The van der Waals surface area contributed by atoms with E-state index in [-0.39, 0.29) is 22.8 Å². The zero-order chi connectivity index (χ0) is 22.6. The van der Waals surface area contributed by atoms with Crippen molar-refractivity contribution in [3.05, 3.63) is 63.7 Å². The van der Waals surface area contributed by atoms with E-state index in [1.807, 2.05) is 31.2 Å². The van der Waals surface area contributed by atoms with Gasteiger partial charge in [-0.05, 0) is 37.6 Å². The topological polar surface area (TPSA) is 133 Å². The van der Waals surface area contributed by atoms with Gasteiger partial charge < -0.3 is 10.1 Å². The first-order valence-corrected chi connectivity index (χ1v) is 12.0. The first-order valence-electron chi connectivity index (χ1n) is 9.33. The third kappa shape index (κ3) is 6.28. The Kier molecular flexibility index (Phi) is 6.96. The molecule has 1 atom stereocenters. The Hall–Kier alpha value is -2.92. The molecule has 1 amide bonds. The van der Waals surface area contributed by atoms with Crippen LogP contribution < -0.4 is 5.32 Å². The van der Waals surface area contributed by atoms with Crippen LogP contribution in [0.4, 0.5) is 5.69 Å². The highest BCUT2D eigenvalue weighted by molar-refractivity contribution is 7.99. The van der Waals surface area contributed by atoms with Gasteiger partial charge in [-0.1, -0.05) is 29.5 Å². The average Bonchev–Trinajstić information content (AvgIpc) is 3.06. The number of carbonyl (C=O) groups is 2. The highest BCUT2D eigenvalue weighted by Gasteiger charge is 2.29. The molecule has 0 aromatic heterocycles. The van der Waals surface area contributed by atoms with Crippen LogP contribution in [0.2, 0.25) is 0 Å². The van der Waals surface area contributed by atoms with E-state index in [1.165, 1.54) is 23.9 Å². The van der Waals surface area contributed by atoms with E-state index in [1.54, 1.807) is 0 Å². The van der Waals surface area contributed by atoms with Crippen LogP contribution in [0.15, 0.2) is 52.3 Å². The molecule has 31 heavy (non-hydrogen) atoms. The molecule has 3 rings (SSSR count). The molecule has 0 aliphatic carbocycles. The fraction of sp³-hybridized carbons (Fsp3) is 0.300. The first-order chi connectivity index (χ1) is 14.6. The fourth-order valence-corrected chi connectivity index (χ4v) is 5.57. The van der Waals surface area contributed by atoms with Crippen LogP contribution in [0.3, 0.4) is 0 Å². The van der Waals surface area contributed by atoms with Gasteiger partial charge in [-0.3, -0.25) is 14.9 Å². The number of carbonyl (C=O) groups excluding carboxylic acids is 2. The molecule has 1 heterocycles. The number of hydrogen-bond acceptors (Lipinski definition) is 8. The number of nitro groups is 1. The highest BCUT2D eigenvalue weighted by Crippen LogP contribution is 2.35. The number of rotatable bonds is 7. The van der Waals surface area contributed by atoms with Gasteiger partial charge in [0.1, 0.15) is 0 Å². The van der Waals surface area contributed by atoms with E-state index < -0.39 is 39.3 Å². The minimum atomic E-state index is -3.15. The lowest BCUT2D eigenvalue weighted by Crippen LogP contribution is -2.38. The molecule has 2 aromatic carbocycles. The molecule has 0 unspecified atom stereocenters. The predicted octanol–water partition coefficient (Wildman–Crippen LogP) is 2.51. The Morgan fingerprint density at radius 3 is 2.55 bits per heavy atom. The smallest absolute Gasteiger partial charge is 0.338 e. The summed E-state index contributed by atoms with van der Waals surface area (Å²) in [5.74, 6) is -1.64. The van der Waals surface area contributed by atoms with Gasteiger partial charge in [0.2, 0.25) is 0 Å². The molecule has 0 radical (unpaired) electrons. The monoisotopic (exact) mass is 464 g/mol. The Morgan fingerprint density at radius 2 is 1.94 bits per heavy atom. The van der Waals surface area contributed by atoms with E-state index in [0.29, 0.717) is 11.3 Å². The molecule has 1 aliphatic heterocycles. The second-order valence-corrected chi connectivity index (χ2v) is 10.4. The van der Waals surface area contributed by atoms with E-state index in [9.17, 15) is 28.1 Å². The van der Waals surface area contributed by atoms with E-state index in [0.717, 1.165) is 16.5 Å². The van der Waals surface area contributed by atoms with Crippen molar-refractivity contribution in [3.63, 3.8) is 0 Å². The first kappa shape index (κ1) is 22.8. The molecular formula is C20H20N2O7S2. The Morgan fingerprint density at radius 1 is 1.23 bits per heavy atom. The number of hydrogen-bond donors (Lipinski definition) is 1. The molecule has 1 N–H and O–H groups in total. The summed E-state index contributed by atoms with van der Waals surface area (Å²) < 4.78 is 27.8. The molecule has 0 bridgehead atoms. The number of nitrogens with zero attached hydrogens (tertiary/aromatic N) is 1. The van der Waals surface area contributed by atoms with Crippen molar-refractivity contribution < 1.29 is 27.7 Å². The summed E-state index contributed by atoms with van der Waals surface area (Å²) in [5, 5.41) is 14.0. The Bertz CT molecular complexity index is 1110. The number of nitro benzene ring substituents is 1. The van der Waals surface area contributed by atoms with Gasteiger partial charge in [-0.2, -0.15) is 0 Å². The highest BCUT2D eigenvalue weighted by atomic mass is 32.2. The number of nitrogens with one attached hydrogen (secondary N) is 1. The predicted molar refractivity (Wildman–Crippen MR) is 114 cm³/mol. The lowest BCUT2D eigenvalue weighted by Gasteiger charge is -2.11. The van der Waals surface area contributed by atoms with Crippen molar-refractivity contribution in [1.82, 2.24) is 5.32 Å². The minimum absolute atomic E-state index is 0.00828. The maximum Gasteiger partial charge on any atom is 0.338 e. The van der Waals surface area contributed by atoms with E-state index >= 15 is 0 Å². The zero-order valence-electron chi connectivity index (χ0n) is 16.6. The third-order valence-electron chi connectivity index (χ3n) is 4.57. The summed E-state index contributed by atoms with van der Waals surface area (Å²) in [5.41, 5.74) is 0.757. The van der Waals surface area contributed by atoms with Crippen LogP contribution in [0.25, 0.3) is 0 Å². The number of esters is 1. The van der Waals surface area contributed by atoms with E-state index in [2.05, 4.69) is 5.32 Å². The van der Waals surface area contributed by atoms with Gasteiger partial charge in [-0.15, -0.1) is 0 Å². The second-order valence-electron chi connectivity index (χ2n) is 7.10. The number of sulfone groups is 1. The maximum absolute atomic E-state index is 12.2. The van der Waals surface area contributed by atoms with Crippen molar-refractivity contribution >= 4 is 39.2 Å². The summed E-state index contributed by atoms with van der Waals surface area (Å²) in [6, 6.07) is 10.9. The molecular weight excluding hydrogens is 444 g/mol. The van der Waals surface area contributed by atoms with Crippen LogP contribution in [0.5, 0.6) is 0 Å². The lowest BCUT2D eigenvalue weighted by molar-refractivity contribution is -0.387. The summed E-state index contributed by atoms with van der Waals surface area (Å²) in [7, 11) is -3.15. The number of benzene rings is 2. The van der Waals surface area contributed by atoms with Gasteiger partial charge >= 0.3 is 5.97 Å². The standard InChI is InChI=1S/C20H20N2O7S2/c1-13-2-5-16(6-3-13)30-18-7-4-14(10-17(18)22(25)26)20(24)29-11-19(23)21-15-8-9-31(27,28)12-15/h2-7,10,15H,8-9,11-12H2,1H3,(H,21,23)/t15-/m1/s1. The third-order valence-corrected chi connectivity index (χ3v) is 7.41. The van der Waals surface area contributed by atoms with Crippen molar-refractivity contribution in [2.24, 2.45) is 0 Å². The van der Waals surface area contributed by atoms with Crippen molar-refractivity contribution in [2.75, 3.05) is 18.1 Å². The number of aryl methyl sites for hydroxylation is 1. The summed E-state index contributed by atoms with van der Waals surface area (Å²) in [6.07, 6.45) is 0.314. The minimum Gasteiger partial charge on any atom is -0.452 e. The van der Waals surface area contributed by atoms with Gasteiger partial charge in [0.25, 0.3) is 11.6 Å². The number of amides is 1. The molecule has 2 aromatic rings. The fourth-order valence-electron chi connectivity index (χ4n) is 3.00. The molecule has 1 fully saturated rings. The number of ether oxygens (including phenoxy) is 1. The lowest BCUT2D eigenvalue weighted by atomic mass is 10.2. The zero-order valence-corrected chi connectivity index (χ0v) is 18.2. The van der Waals surface area contributed by atoms with E-state index in [4.69, 9.17) is 4.74 Å². The molecule has 11 heteroatoms. The van der Waals surface area contributed by atoms with Crippen LogP contribution in [-0.4, -0.2) is 49.4 Å². The average molecular weight is 465 g/mol. The SMILES string of the molecule is Cc1ccc(Sc2ccc(C(=O)OCC(=O)N[C@@H]3CCS(=O)(=O)C3)cc2[N+](=O)[O-])cc1. The molecule has 164 valence electrons. The van der Waals surface area contributed by atoms with Gasteiger partial charge in [0.15, 0.2) is 16.4 Å². The van der Waals surface area contributed by atoms with Gasteiger partial charge in [0, 0.05) is 17.0 Å². The van der Waals surface area contributed by atoms with Crippen molar-refractivity contribution in [2.45, 2.75) is 29.2 Å². The maximum atomic E-state index is 12.2. The molecule has 9 nitrogen and oxygen atoms in total. The van der Waals surface area contributed by atoms with Crippen LogP contribution in [-0.2, 0) is 19.4 Å². The van der Waals surface area contributed by atoms with Crippen LogP contribution in [0, 0.1) is 17.0 Å². The van der Waals surface area contributed by atoms with Gasteiger partial charge in [0.05, 0.1) is 26.9 Å². The summed E-state index contributed by atoms with van der Waals surface area (Å²) in [4.78, 5) is 36.2. The summed E-state index contributed by atoms with van der Waals surface area (Å²) >= 11 is 1.20. The Labute approximate surface area is 183 Å². The van der Waals surface area contributed by atoms with Gasteiger partial charge in [-0.25, -0.2) is 13.2 Å². The molecule has 0 saturated carbocycles. The summed E-state index contributed by atoms with van der Waals surface area (Å²) in [6.45, 7) is 1.33. The Balaban J connectivity index is 1.63.